The minimum atomic E-state index is -0.802. The van der Waals surface area contributed by atoms with E-state index in [-0.39, 0.29) is 22.6 Å². The lowest BCUT2D eigenvalue weighted by atomic mass is 10.0. The van der Waals surface area contributed by atoms with E-state index in [0.717, 1.165) is 18.2 Å². The fourth-order valence-electron chi connectivity index (χ4n) is 1.88. The van der Waals surface area contributed by atoms with E-state index in [1.165, 1.54) is 14.2 Å². The number of benzene rings is 2. The van der Waals surface area contributed by atoms with Crippen molar-refractivity contribution in [1.29, 1.82) is 0 Å². The van der Waals surface area contributed by atoms with Gasteiger partial charge in [-0.3, -0.25) is 4.79 Å². The van der Waals surface area contributed by atoms with Crippen LogP contribution < -0.4 is 9.47 Å². The van der Waals surface area contributed by atoms with Gasteiger partial charge in [-0.05, 0) is 30.3 Å². The van der Waals surface area contributed by atoms with Crippen molar-refractivity contribution < 1.29 is 23.0 Å². The van der Waals surface area contributed by atoms with E-state index in [1.807, 2.05) is 0 Å². The van der Waals surface area contributed by atoms with Crippen LogP contribution in [0.25, 0.3) is 0 Å². The van der Waals surface area contributed by atoms with Gasteiger partial charge in [0.15, 0.2) is 0 Å². The van der Waals surface area contributed by atoms with Gasteiger partial charge >= 0.3 is 0 Å². The third-order valence-corrected chi connectivity index (χ3v) is 2.83. The summed E-state index contributed by atoms with van der Waals surface area (Å²) in [6, 6.07) is 7.44. The van der Waals surface area contributed by atoms with Gasteiger partial charge in [0, 0.05) is 0 Å². The van der Waals surface area contributed by atoms with Crippen molar-refractivity contribution in [3.63, 3.8) is 0 Å². The summed E-state index contributed by atoms with van der Waals surface area (Å²) in [7, 11) is 2.76. The smallest absolute Gasteiger partial charge is 0.203 e. The van der Waals surface area contributed by atoms with Gasteiger partial charge < -0.3 is 9.47 Å². The van der Waals surface area contributed by atoms with E-state index >= 15 is 0 Å². The van der Waals surface area contributed by atoms with E-state index in [4.69, 9.17) is 9.47 Å². The Bertz CT molecular complexity index is 631. The summed E-state index contributed by atoms with van der Waals surface area (Å²) in [6.45, 7) is 0. The van der Waals surface area contributed by atoms with Gasteiger partial charge in [-0.25, -0.2) is 8.78 Å². The molecule has 0 aliphatic rings. The van der Waals surface area contributed by atoms with Crippen LogP contribution in [0.5, 0.6) is 11.5 Å². The second-order valence-corrected chi connectivity index (χ2v) is 3.99. The van der Waals surface area contributed by atoms with E-state index < -0.39 is 17.4 Å². The van der Waals surface area contributed by atoms with Gasteiger partial charge in [0.05, 0.1) is 19.8 Å². The van der Waals surface area contributed by atoms with Crippen molar-refractivity contribution in [2.24, 2.45) is 0 Å². The lowest BCUT2D eigenvalue weighted by molar-refractivity contribution is 0.102. The molecule has 0 aromatic heterocycles. The molecular formula is C15H12F2O3. The number of hydrogen-bond donors (Lipinski definition) is 0. The minimum Gasteiger partial charge on any atom is -0.496 e. The highest BCUT2D eigenvalue weighted by Crippen LogP contribution is 2.31. The molecule has 104 valence electrons. The SMILES string of the molecule is COc1cccc(OC)c1C(=O)c1cc(F)ccc1F. The van der Waals surface area contributed by atoms with Crippen molar-refractivity contribution in [2.75, 3.05) is 14.2 Å². The maximum atomic E-state index is 13.7. The summed E-state index contributed by atoms with van der Waals surface area (Å²) in [5, 5.41) is 0. The Kier molecular flexibility index (Phi) is 3.98. The number of carbonyl (C=O) groups excluding carboxylic acids is 1. The maximum Gasteiger partial charge on any atom is 0.203 e. The largest absolute Gasteiger partial charge is 0.496 e. The molecular weight excluding hydrogens is 266 g/mol. The standard InChI is InChI=1S/C15H12F2O3/c1-19-12-4-3-5-13(20-2)14(12)15(18)10-8-9(16)6-7-11(10)17/h3-8H,1-2H3. The molecule has 3 nitrogen and oxygen atoms in total. The molecule has 0 aliphatic carbocycles. The number of ether oxygens (including phenoxy) is 2. The van der Waals surface area contributed by atoms with Crippen molar-refractivity contribution in [3.8, 4) is 11.5 Å². The molecule has 0 saturated heterocycles. The van der Waals surface area contributed by atoms with Gasteiger partial charge in [0.25, 0.3) is 0 Å². The Morgan fingerprint density at radius 2 is 1.60 bits per heavy atom. The first-order valence-electron chi connectivity index (χ1n) is 5.79. The fraction of sp³-hybridized carbons (Fsp3) is 0.133. The molecule has 20 heavy (non-hydrogen) atoms. The Balaban J connectivity index is 2.61. The molecule has 0 radical (unpaired) electrons. The molecule has 0 atom stereocenters. The molecule has 0 unspecified atom stereocenters. The topological polar surface area (TPSA) is 35.5 Å². The number of ketones is 1. The third-order valence-electron chi connectivity index (χ3n) is 2.83. The van der Waals surface area contributed by atoms with E-state index in [1.54, 1.807) is 18.2 Å². The summed E-state index contributed by atoms with van der Waals surface area (Å²) in [5.74, 6) is -1.72. The van der Waals surface area contributed by atoms with Crippen LogP contribution in [0.2, 0.25) is 0 Å². The summed E-state index contributed by atoms with van der Waals surface area (Å²) < 4.78 is 37.1. The molecule has 0 fully saturated rings. The molecule has 2 rings (SSSR count). The predicted molar refractivity (Wildman–Crippen MR) is 69.3 cm³/mol. The monoisotopic (exact) mass is 278 g/mol. The first-order valence-corrected chi connectivity index (χ1v) is 5.79. The number of carbonyl (C=O) groups is 1. The Morgan fingerprint density at radius 1 is 1.00 bits per heavy atom. The molecule has 0 aliphatic heterocycles. The number of rotatable bonds is 4. The third kappa shape index (κ3) is 2.47. The van der Waals surface area contributed by atoms with Crippen LogP contribution in [0.15, 0.2) is 36.4 Å². The van der Waals surface area contributed by atoms with Gasteiger partial charge in [-0.2, -0.15) is 0 Å². The predicted octanol–water partition coefficient (Wildman–Crippen LogP) is 3.21. The molecule has 0 bridgehead atoms. The highest BCUT2D eigenvalue weighted by atomic mass is 19.1. The second kappa shape index (κ2) is 5.69. The van der Waals surface area contributed by atoms with Crippen molar-refractivity contribution in [3.05, 3.63) is 59.2 Å². The van der Waals surface area contributed by atoms with E-state index in [9.17, 15) is 13.6 Å². The molecule has 0 saturated carbocycles. The van der Waals surface area contributed by atoms with Crippen LogP contribution in [0.4, 0.5) is 8.78 Å². The summed E-state index contributed by atoms with van der Waals surface area (Å²) in [4.78, 5) is 12.4. The molecule has 0 amide bonds. The normalized spacial score (nSPS) is 10.2. The molecule has 0 N–H and O–H groups in total. The number of halogens is 2. The van der Waals surface area contributed by atoms with Crippen LogP contribution >= 0.6 is 0 Å². The summed E-state index contributed by atoms with van der Waals surface area (Å²) >= 11 is 0. The zero-order chi connectivity index (χ0) is 14.7. The number of methoxy groups -OCH3 is 2. The first-order chi connectivity index (χ1) is 9.58. The van der Waals surface area contributed by atoms with Crippen LogP contribution in [-0.4, -0.2) is 20.0 Å². The van der Waals surface area contributed by atoms with Gasteiger partial charge in [0.2, 0.25) is 5.78 Å². The van der Waals surface area contributed by atoms with Gasteiger partial charge in [-0.1, -0.05) is 6.07 Å². The van der Waals surface area contributed by atoms with Crippen LogP contribution in [0.3, 0.4) is 0 Å². The van der Waals surface area contributed by atoms with Crippen molar-refractivity contribution in [1.82, 2.24) is 0 Å². The zero-order valence-corrected chi connectivity index (χ0v) is 10.9. The second-order valence-electron chi connectivity index (χ2n) is 3.99. The molecule has 0 heterocycles. The van der Waals surface area contributed by atoms with E-state index in [0.29, 0.717) is 0 Å². The Hall–Kier alpha value is -2.43. The van der Waals surface area contributed by atoms with Gasteiger partial charge in [0.1, 0.15) is 28.7 Å². The van der Waals surface area contributed by atoms with Gasteiger partial charge in [-0.15, -0.1) is 0 Å². The average Bonchev–Trinajstić information content (AvgIpc) is 2.48. The fourth-order valence-corrected chi connectivity index (χ4v) is 1.88. The highest BCUT2D eigenvalue weighted by Gasteiger charge is 2.22. The van der Waals surface area contributed by atoms with Crippen LogP contribution in [0, 0.1) is 11.6 Å². The molecule has 5 heteroatoms. The molecule has 0 spiro atoms. The lowest BCUT2D eigenvalue weighted by Gasteiger charge is -2.12. The molecule has 2 aromatic carbocycles. The first kappa shape index (κ1) is 14.0. The minimum absolute atomic E-state index is 0.0574. The maximum absolute atomic E-state index is 13.7. The Morgan fingerprint density at radius 3 is 2.15 bits per heavy atom. The lowest BCUT2D eigenvalue weighted by Crippen LogP contribution is -2.09. The Labute approximate surface area is 114 Å². The van der Waals surface area contributed by atoms with Crippen molar-refractivity contribution >= 4 is 5.78 Å². The average molecular weight is 278 g/mol. The highest BCUT2D eigenvalue weighted by molar-refractivity contribution is 6.12. The van der Waals surface area contributed by atoms with Crippen molar-refractivity contribution in [2.45, 2.75) is 0 Å². The van der Waals surface area contributed by atoms with E-state index in [2.05, 4.69) is 0 Å². The zero-order valence-electron chi connectivity index (χ0n) is 10.9. The van der Waals surface area contributed by atoms with Crippen LogP contribution in [-0.2, 0) is 0 Å². The summed E-state index contributed by atoms with van der Waals surface area (Å²) in [5.41, 5.74) is -0.310. The molecule has 2 aromatic rings. The van der Waals surface area contributed by atoms with Crippen LogP contribution in [0.1, 0.15) is 15.9 Å². The summed E-state index contributed by atoms with van der Waals surface area (Å²) in [6.07, 6.45) is 0. The quantitative estimate of drug-likeness (QED) is 0.806. The number of hydrogen-bond acceptors (Lipinski definition) is 3.